The van der Waals surface area contributed by atoms with Crippen LogP contribution in [0.15, 0.2) is 15.5 Å². The van der Waals surface area contributed by atoms with Crippen molar-refractivity contribution in [3.8, 4) is 0 Å². The Kier molecular flexibility index (Phi) is 3.89. The smallest absolute Gasteiger partial charge is 0.262 e. The molecule has 7 heteroatoms. The minimum atomic E-state index is -0.488. The highest BCUT2D eigenvalue weighted by Gasteiger charge is 2.24. The number of hydrogen-bond donors (Lipinski definition) is 2. The van der Waals surface area contributed by atoms with Crippen molar-refractivity contribution in [1.82, 2.24) is 14.9 Å². The Morgan fingerprint density at radius 3 is 2.95 bits per heavy atom. The number of aromatic nitrogens is 2. The van der Waals surface area contributed by atoms with Crippen LogP contribution in [-0.2, 0) is 0 Å². The van der Waals surface area contributed by atoms with E-state index in [0.717, 1.165) is 0 Å². The van der Waals surface area contributed by atoms with Gasteiger partial charge < -0.3 is 19.4 Å². The Balaban J connectivity index is 2.39. The van der Waals surface area contributed by atoms with Crippen molar-refractivity contribution in [3.63, 3.8) is 0 Å². The SMILES string of the molecule is Cc1oc2nc[nH]c(=O)c2c1C(=O)N(C)CCC(C)O. The van der Waals surface area contributed by atoms with E-state index in [1.807, 2.05) is 0 Å². The zero-order valence-electron chi connectivity index (χ0n) is 11.6. The number of amides is 1. The highest BCUT2D eigenvalue weighted by atomic mass is 16.3. The lowest BCUT2D eigenvalue weighted by atomic mass is 10.1. The lowest BCUT2D eigenvalue weighted by molar-refractivity contribution is 0.0769. The molecule has 2 rings (SSSR count). The minimum Gasteiger partial charge on any atom is -0.442 e. The van der Waals surface area contributed by atoms with Crippen molar-refractivity contribution < 1.29 is 14.3 Å². The largest absolute Gasteiger partial charge is 0.442 e. The third-order valence-electron chi connectivity index (χ3n) is 3.11. The maximum atomic E-state index is 12.4. The van der Waals surface area contributed by atoms with E-state index in [-0.39, 0.29) is 22.6 Å². The molecule has 2 aromatic heterocycles. The third kappa shape index (κ3) is 2.57. The van der Waals surface area contributed by atoms with Crippen LogP contribution in [0.5, 0.6) is 0 Å². The maximum Gasteiger partial charge on any atom is 0.262 e. The second-order valence-electron chi connectivity index (χ2n) is 4.81. The summed E-state index contributed by atoms with van der Waals surface area (Å²) in [6, 6.07) is 0. The molecular formula is C13H17N3O4. The summed E-state index contributed by atoms with van der Waals surface area (Å²) in [7, 11) is 1.62. The Morgan fingerprint density at radius 2 is 2.30 bits per heavy atom. The number of rotatable bonds is 4. The van der Waals surface area contributed by atoms with Gasteiger partial charge >= 0.3 is 0 Å². The van der Waals surface area contributed by atoms with Gasteiger partial charge in [0.05, 0.1) is 18.0 Å². The molecule has 0 fully saturated rings. The maximum absolute atomic E-state index is 12.4. The van der Waals surface area contributed by atoms with Crippen LogP contribution in [0.2, 0.25) is 0 Å². The molecule has 0 radical (unpaired) electrons. The molecule has 2 heterocycles. The summed E-state index contributed by atoms with van der Waals surface area (Å²) in [5, 5.41) is 9.43. The van der Waals surface area contributed by atoms with E-state index in [4.69, 9.17) is 4.42 Å². The van der Waals surface area contributed by atoms with E-state index >= 15 is 0 Å². The molecule has 0 aliphatic rings. The molecule has 0 aromatic carbocycles. The summed E-state index contributed by atoms with van der Waals surface area (Å²) < 4.78 is 5.35. The molecule has 1 unspecified atom stereocenters. The van der Waals surface area contributed by atoms with Gasteiger partial charge in [0.15, 0.2) is 0 Å². The minimum absolute atomic E-state index is 0.151. The average molecular weight is 279 g/mol. The first-order valence-electron chi connectivity index (χ1n) is 6.32. The van der Waals surface area contributed by atoms with Crippen LogP contribution in [-0.4, -0.2) is 45.6 Å². The van der Waals surface area contributed by atoms with Crippen LogP contribution in [0, 0.1) is 6.92 Å². The number of aliphatic hydroxyl groups is 1. The van der Waals surface area contributed by atoms with Crippen LogP contribution in [0.3, 0.4) is 0 Å². The van der Waals surface area contributed by atoms with Crippen LogP contribution in [0.25, 0.3) is 11.1 Å². The van der Waals surface area contributed by atoms with Crippen LogP contribution in [0.4, 0.5) is 0 Å². The number of nitrogens with zero attached hydrogens (tertiary/aromatic N) is 2. The van der Waals surface area contributed by atoms with E-state index in [2.05, 4.69) is 9.97 Å². The lowest BCUT2D eigenvalue weighted by Crippen LogP contribution is -2.30. The lowest BCUT2D eigenvalue weighted by Gasteiger charge is -2.17. The Morgan fingerprint density at radius 1 is 1.60 bits per heavy atom. The highest BCUT2D eigenvalue weighted by Crippen LogP contribution is 2.21. The molecule has 108 valence electrons. The van der Waals surface area contributed by atoms with Crippen molar-refractivity contribution >= 4 is 17.0 Å². The number of H-pyrrole nitrogens is 1. The monoisotopic (exact) mass is 279 g/mol. The van der Waals surface area contributed by atoms with Gasteiger partial charge in [0.25, 0.3) is 11.5 Å². The van der Waals surface area contributed by atoms with Gasteiger partial charge in [-0.05, 0) is 20.3 Å². The van der Waals surface area contributed by atoms with Gasteiger partial charge in [0.2, 0.25) is 5.71 Å². The first-order valence-corrected chi connectivity index (χ1v) is 6.32. The van der Waals surface area contributed by atoms with Gasteiger partial charge in [-0.3, -0.25) is 9.59 Å². The van der Waals surface area contributed by atoms with Gasteiger partial charge in [-0.25, -0.2) is 4.98 Å². The number of aliphatic hydroxyl groups excluding tert-OH is 1. The molecule has 0 spiro atoms. The first kappa shape index (κ1) is 14.3. The Bertz CT molecular complexity index is 686. The zero-order valence-corrected chi connectivity index (χ0v) is 11.6. The number of fused-ring (bicyclic) bond motifs is 1. The van der Waals surface area contributed by atoms with Crippen LogP contribution >= 0.6 is 0 Å². The molecule has 20 heavy (non-hydrogen) atoms. The van der Waals surface area contributed by atoms with Gasteiger partial charge in [0.1, 0.15) is 11.1 Å². The zero-order chi connectivity index (χ0) is 14.9. The molecule has 0 aliphatic carbocycles. The number of aromatic amines is 1. The van der Waals surface area contributed by atoms with Crippen LogP contribution in [0.1, 0.15) is 29.5 Å². The second-order valence-corrected chi connectivity index (χ2v) is 4.81. The van der Waals surface area contributed by atoms with Crippen molar-refractivity contribution in [2.75, 3.05) is 13.6 Å². The van der Waals surface area contributed by atoms with Crippen molar-refractivity contribution in [2.45, 2.75) is 26.4 Å². The molecular weight excluding hydrogens is 262 g/mol. The summed E-state index contributed by atoms with van der Waals surface area (Å²) in [5.41, 5.74) is -0.0277. The molecule has 1 amide bonds. The number of hydrogen-bond acceptors (Lipinski definition) is 5. The fourth-order valence-electron chi connectivity index (χ4n) is 1.98. The van der Waals surface area contributed by atoms with Gasteiger partial charge in [-0.1, -0.05) is 0 Å². The summed E-state index contributed by atoms with van der Waals surface area (Å²) >= 11 is 0. The van der Waals surface area contributed by atoms with Crippen molar-refractivity contribution in [2.24, 2.45) is 0 Å². The van der Waals surface area contributed by atoms with Gasteiger partial charge in [0, 0.05) is 13.6 Å². The van der Waals surface area contributed by atoms with E-state index in [0.29, 0.717) is 18.7 Å². The summed E-state index contributed by atoms with van der Waals surface area (Å²) in [5.74, 6) is 0.0403. The summed E-state index contributed by atoms with van der Waals surface area (Å²) in [4.78, 5) is 32.0. The number of carbonyl (C=O) groups excluding carboxylic acids is 1. The fraction of sp³-hybridized carbons (Fsp3) is 0.462. The van der Waals surface area contributed by atoms with Crippen molar-refractivity contribution in [3.05, 3.63) is 28.0 Å². The number of carbonyl (C=O) groups is 1. The second kappa shape index (κ2) is 5.46. The highest BCUT2D eigenvalue weighted by molar-refractivity contribution is 6.06. The molecule has 1 atom stereocenters. The number of nitrogens with one attached hydrogen (secondary N) is 1. The molecule has 2 aromatic rings. The summed E-state index contributed by atoms with van der Waals surface area (Å²) in [6.07, 6.45) is 1.21. The quantitative estimate of drug-likeness (QED) is 0.856. The molecule has 0 saturated carbocycles. The van der Waals surface area contributed by atoms with Crippen molar-refractivity contribution in [1.29, 1.82) is 0 Å². The predicted octanol–water partition coefficient (Wildman–Crippen LogP) is 0.667. The Hall–Kier alpha value is -2.15. The normalized spacial score (nSPS) is 12.6. The van der Waals surface area contributed by atoms with E-state index in [1.165, 1.54) is 11.2 Å². The molecule has 7 nitrogen and oxygen atoms in total. The average Bonchev–Trinajstić information content (AvgIpc) is 2.72. The third-order valence-corrected chi connectivity index (χ3v) is 3.11. The fourth-order valence-corrected chi connectivity index (χ4v) is 1.98. The molecule has 0 saturated heterocycles. The van der Waals surface area contributed by atoms with E-state index < -0.39 is 11.7 Å². The first-order chi connectivity index (χ1) is 9.41. The molecule has 2 N–H and O–H groups in total. The van der Waals surface area contributed by atoms with Crippen LogP contribution < -0.4 is 5.56 Å². The van der Waals surface area contributed by atoms with Gasteiger partial charge in [-0.15, -0.1) is 0 Å². The topological polar surface area (TPSA) is 99.4 Å². The number of aryl methyl sites for hydroxylation is 1. The van der Waals surface area contributed by atoms with Gasteiger partial charge in [-0.2, -0.15) is 0 Å². The molecule has 0 bridgehead atoms. The van der Waals surface area contributed by atoms with E-state index in [1.54, 1.807) is 20.9 Å². The molecule has 0 aliphatic heterocycles. The summed E-state index contributed by atoms with van der Waals surface area (Å²) in [6.45, 7) is 3.67. The predicted molar refractivity (Wildman–Crippen MR) is 72.6 cm³/mol. The number of furan rings is 1. The Labute approximate surface area is 115 Å². The van der Waals surface area contributed by atoms with E-state index in [9.17, 15) is 14.7 Å². The standard InChI is InChI=1S/C13H17N3O4/c1-7(17)4-5-16(3)13(19)9-8(2)20-12-10(9)11(18)14-6-15-12/h6-7,17H,4-5H2,1-3H3,(H,14,15,18).